The largest absolute Gasteiger partial charge is 0.294 e. The normalized spacial score (nSPS) is 17.3. The molecule has 1 unspecified atom stereocenters. The maximum Gasteiger partial charge on any atom is 0.164 e. The van der Waals surface area contributed by atoms with E-state index in [0.717, 1.165) is 16.7 Å². The first-order valence-electron chi connectivity index (χ1n) is 6.45. The second-order valence-corrected chi connectivity index (χ2v) is 4.45. The highest BCUT2D eigenvalue weighted by Gasteiger charge is 2.30. The Bertz CT molecular complexity index is 526. The number of fused-ring (bicyclic) bond motifs is 1. The molecule has 0 saturated heterocycles. The summed E-state index contributed by atoms with van der Waals surface area (Å²) < 4.78 is 0. The van der Waals surface area contributed by atoms with Gasteiger partial charge in [0.2, 0.25) is 0 Å². The van der Waals surface area contributed by atoms with Crippen molar-refractivity contribution in [1.29, 1.82) is 0 Å². The molecule has 0 N–H and O–H groups in total. The number of carbonyl (C=O) groups excluding carboxylic acids is 1. The first-order valence-corrected chi connectivity index (χ1v) is 6.83. The van der Waals surface area contributed by atoms with E-state index < -0.39 is 0 Å². The zero-order chi connectivity index (χ0) is 14.4. The standard InChI is InChI=1S/C15H13ClO.C2H6/c1-3-5-10(4-2)13-9-15(17)14-8-11(16)6-7-12(13)14;1-2/h3-8,13H,1-2,9H2;1-2H3/b10-5+;. The van der Waals surface area contributed by atoms with Crippen LogP contribution >= 0.6 is 11.6 Å². The van der Waals surface area contributed by atoms with Crippen LogP contribution in [0.4, 0.5) is 0 Å². The molecule has 19 heavy (non-hydrogen) atoms. The summed E-state index contributed by atoms with van der Waals surface area (Å²) in [4.78, 5) is 11.9. The van der Waals surface area contributed by atoms with Gasteiger partial charge < -0.3 is 0 Å². The van der Waals surface area contributed by atoms with Crippen molar-refractivity contribution < 1.29 is 4.79 Å². The molecule has 0 bridgehead atoms. The molecule has 1 aromatic rings. The first kappa shape index (κ1) is 15.5. The van der Waals surface area contributed by atoms with E-state index in [0.29, 0.717) is 11.4 Å². The van der Waals surface area contributed by atoms with Crippen LogP contribution in [0.2, 0.25) is 5.02 Å². The molecule has 0 fully saturated rings. The molecule has 1 nitrogen and oxygen atoms in total. The molecule has 0 heterocycles. The molecule has 0 saturated carbocycles. The smallest absolute Gasteiger partial charge is 0.164 e. The molecule has 0 aliphatic heterocycles. The second kappa shape index (κ2) is 7.10. The summed E-state index contributed by atoms with van der Waals surface area (Å²) in [5.74, 6) is 0.231. The van der Waals surface area contributed by atoms with E-state index in [1.807, 2.05) is 32.1 Å². The van der Waals surface area contributed by atoms with E-state index in [-0.39, 0.29) is 11.7 Å². The van der Waals surface area contributed by atoms with Crippen LogP contribution in [-0.2, 0) is 0 Å². The SMILES string of the molecule is C=C/C=C(\C=C)C1CC(=O)c2cc(Cl)ccc21.CC. The second-order valence-electron chi connectivity index (χ2n) is 4.02. The van der Waals surface area contributed by atoms with Crippen LogP contribution in [0.5, 0.6) is 0 Å². The number of ketones is 1. The molecule has 0 radical (unpaired) electrons. The third-order valence-electron chi connectivity index (χ3n) is 3.03. The highest BCUT2D eigenvalue weighted by Crippen LogP contribution is 2.39. The average Bonchev–Trinajstić information content (AvgIpc) is 2.75. The van der Waals surface area contributed by atoms with Crippen molar-refractivity contribution in [2.75, 3.05) is 0 Å². The van der Waals surface area contributed by atoms with Crippen molar-refractivity contribution >= 4 is 17.4 Å². The third-order valence-corrected chi connectivity index (χ3v) is 3.26. The lowest BCUT2D eigenvalue weighted by Crippen LogP contribution is -1.96. The fourth-order valence-corrected chi connectivity index (χ4v) is 2.41. The highest BCUT2D eigenvalue weighted by molar-refractivity contribution is 6.31. The Morgan fingerprint density at radius 1 is 1.37 bits per heavy atom. The van der Waals surface area contributed by atoms with Gasteiger partial charge in [0, 0.05) is 22.9 Å². The number of halogens is 1. The maximum atomic E-state index is 11.9. The molecular weight excluding hydrogens is 256 g/mol. The molecular formula is C17H19ClO. The number of Topliss-reactive ketones (excluding diaryl/α,β-unsaturated/α-hetero) is 1. The van der Waals surface area contributed by atoms with Crippen molar-refractivity contribution in [3.63, 3.8) is 0 Å². The Morgan fingerprint density at radius 2 is 2.05 bits per heavy atom. The number of carbonyl (C=O) groups is 1. The van der Waals surface area contributed by atoms with Crippen molar-refractivity contribution in [2.24, 2.45) is 0 Å². The van der Waals surface area contributed by atoms with Gasteiger partial charge in [0.25, 0.3) is 0 Å². The van der Waals surface area contributed by atoms with E-state index in [9.17, 15) is 4.79 Å². The van der Waals surface area contributed by atoms with Crippen molar-refractivity contribution in [3.8, 4) is 0 Å². The van der Waals surface area contributed by atoms with Crippen molar-refractivity contribution in [2.45, 2.75) is 26.2 Å². The van der Waals surface area contributed by atoms with E-state index in [2.05, 4.69) is 13.2 Å². The van der Waals surface area contributed by atoms with Crippen LogP contribution < -0.4 is 0 Å². The van der Waals surface area contributed by atoms with Gasteiger partial charge in [-0.2, -0.15) is 0 Å². The topological polar surface area (TPSA) is 17.1 Å². The molecule has 0 spiro atoms. The summed E-state index contributed by atoms with van der Waals surface area (Å²) in [6.45, 7) is 11.5. The molecule has 0 aromatic heterocycles. The number of hydrogen-bond acceptors (Lipinski definition) is 1. The zero-order valence-electron chi connectivity index (χ0n) is 11.4. The highest BCUT2D eigenvalue weighted by atomic mass is 35.5. The van der Waals surface area contributed by atoms with E-state index in [1.54, 1.807) is 18.2 Å². The third kappa shape index (κ3) is 3.24. The maximum absolute atomic E-state index is 11.9. The lowest BCUT2D eigenvalue weighted by atomic mass is 9.92. The van der Waals surface area contributed by atoms with Crippen LogP contribution in [0.25, 0.3) is 0 Å². The van der Waals surface area contributed by atoms with Gasteiger partial charge in [0.15, 0.2) is 5.78 Å². The van der Waals surface area contributed by atoms with Gasteiger partial charge in [-0.1, -0.05) is 62.9 Å². The van der Waals surface area contributed by atoms with Crippen molar-refractivity contribution in [1.82, 2.24) is 0 Å². The Kier molecular flexibility index (Phi) is 5.78. The lowest BCUT2D eigenvalue weighted by molar-refractivity contribution is 0.0991. The molecule has 1 aliphatic carbocycles. The minimum atomic E-state index is 0.0882. The average molecular weight is 275 g/mol. The van der Waals surface area contributed by atoms with Crippen LogP contribution in [0.15, 0.2) is 55.2 Å². The van der Waals surface area contributed by atoms with E-state index in [1.165, 1.54) is 0 Å². The van der Waals surface area contributed by atoms with Crippen LogP contribution in [0.3, 0.4) is 0 Å². The van der Waals surface area contributed by atoms with Gasteiger partial charge >= 0.3 is 0 Å². The minimum absolute atomic E-state index is 0.0882. The Hall–Kier alpha value is -1.60. The predicted molar refractivity (Wildman–Crippen MR) is 83.0 cm³/mol. The van der Waals surface area contributed by atoms with Gasteiger partial charge in [-0.05, 0) is 23.3 Å². The van der Waals surface area contributed by atoms with Gasteiger partial charge in [-0.3, -0.25) is 4.79 Å². The van der Waals surface area contributed by atoms with E-state index in [4.69, 9.17) is 11.6 Å². The number of rotatable bonds is 3. The first-order chi connectivity index (χ1) is 9.17. The van der Waals surface area contributed by atoms with Gasteiger partial charge in [0.1, 0.15) is 0 Å². The monoisotopic (exact) mass is 274 g/mol. The van der Waals surface area contributed by atoms with Crippen LogP contribution in [0, 0.1) is 0 Å². The Balaban J connectivity index is 0.000000861. The summed E-state index contributed by atoms with van der Waals surface area (Å²) >= 11 is 5.91. The summed E-state index contributed by atoms with van der Waals surface area (Å²) in [5.41, 5.74) is 2.79. The fraction of sp³-hybridized carbons (Fsp3) is 0.235. The number of benzene rings is 1. The molecule has 0 amide bonds. The Labute approximate surface area is 120 Å². The molecule has 1 atom stereocenters. The number of allylic oxidation sites excluding steroid dienone is 4. The van der Waals surface area contributed by atoms with Crippen molar-refractivity contribution in [3.05, 3.63) is 71.3 Å². The van der Waals surface area contributed by atoms with Gasteiger partial charge in [-0.25, -0.2) is 0 Å². The fourth-order valence-electron chi connectivity index (χ4n) is 2.24. The van der Waals surface area contributed by atoms with Gasteiger partial charge in [0.05, 0.1) is 0 Å². The van der Waals surface area contributed by atoms with Crippen LogP contribution in [-0.4, -0.2) is 5.78 Å². The van der Waals surface area contributed by atoms with Crippen LogP contribution in [0.1, 0.15) is 42.1 Å². The quantitative estimate of drug-likeness (QED) is 0.681. The predicted octanol–water partition coefficient (Wildman–Crippen LogP) is 5.33. The Morgan fingerprint density at radius 3 is 2.63 bits per heavy atom. The lowest BCUT2D eigenvalue weighted by Gasteiger charge is -2.11. The molecule has 1 aliphatic rings. The molecule has 2 heteroatoms. The zero-order valence-corrected chi connectivity index (χ0v) is 12.2. The number of hydrogen-bond donors (Lipinski definition) is 0. The summed E-state index contributed by atoms with van der Waals surface area (Å²) in [5, 5.41) is 0.602. The molecule has 1 aromatic carbocycles. The van der Waals surface area contributed by atoms with E-state index >= 15 is 0 Å². The summed E-state index contributed by atoms with van der Waals surface area (Å²) in [6.07, 6.45) is 5.88. The minimum Gasteiger partial charge on any atom is -0.294 e. The molecule has 100 valence electrons. The van der Waals surface area contributed by atoms with Gasteiger partial charge in [-0.15, -0.1) is 0 Å². The summed E-state index contributed by atoms with van der Waals surface area (Å²) in [6, 6.07) is 5.49. The molecule has 2 rings (SSSR count). The summed E-state index contributed by atoms with van der Waals surface area (Å²) in [7, 11) is 0.